The summed E-state index contributed by atoms with van der Waals surface area (Å²) in [4.78, 5) is 27.2. The van der Waals surface area contributed by atoms with Gasteiger partial charge in [0.05, 0.1) is 22.4 Å². The maximum absolute atomic E-state index is 6.21. The first kappa shape index (κ1) is 44.4. The van der Waals surface area contributed by atoms with Gasteiger partial charge in [-0.1, -0.05) is 45.0 Å². The molecular weight excluding hydrogens is 885 g/mol. The van der Waals surface area contributed by atoms with Crippen molar-refractivity contribution in [3.05, 3.63) is 137 Å². The van der Waals surface area contributed by atoms with E-state index in [9.17, 15) is 0 Å². The summed E-state index contributed by atoms with van der Waals surface area (Å²) < 4.78 is 12.4. The van der Waals surface area contributed by atoms with E-state index < -0.39 is 0 Å². The van der Waals surface area contributed by atoms with Gasteiger partial charge in [0.1, 0.15) is 23.8 Å². The number of hydrogen-bond donors (Lipinski definition) is 0. The van der Waals surface area contributed by atoms with Crippen LogP contribution in [0.5, 0.6) is 0 Å². The third kappa shape index (κ3) is 8.83. The van der Waals surface area contributed by atoms with Crippen molar-refractivity contribution in [1.82, 2.24) is 29.9 Å². The van der Waals surface area contributed by atoms with E-state index in [0.29, 0.717) is 22.4 Å². The Kier molecular flexibility index (Phi) is 14.1. The number of nitrogens with zero attached hydrogens (tertiary/aromatic N) is 6. The topological polar surface area (TPSA) is 104 Å². The fourth-order valence-corrected chi connectivity index (χ4v) is 7.40. The van der Waals surface area contributed by atoms with Crippen LogP contribution in [0.3, 0.4) is 0 Å². The molecule has 0 amide bonds. The van der Waals surface area contributed by atoms with Crippen LogP contribution >= 0.6 is 25.2 Å². The van der Waals surface area contributed by atoms with E-state index in [4.69, 9.17) is 20.4 Å². The number of benzene rings is 4. The van der Waals surface area contributed by atoms with Crippen LogP contribution in [-0.4, -0.2) is 29.9 Å². The van der Waals surface area contributed by atoms with Gasteiger partial charge in [-0.3, -0.25) is 0 Å². The number of halogens is 2. The molecule has 0 aliphatic carbocycles. The van der Waals surface area contributed by atoms with Crippen LogP contribution < -0.4 is 0 Å². The fraction of sp³-hybridized carbons (Fsp3) is 0.204. The Balaban J connectivity index is 0.000000180. The first-order valence-corrected chi connectivity index (χ1v) is 26.6. The number of furan rings is 2. The summed E-state index contributed by atoms with van der Waals surface area (Å²) in [5.41, 5.74) is 13.8. The van der Waals surface area contributed by atoms with Crippen LogP contribution in [0.15, 0.2) is 106 Å². The number of rotatable bonds is 3. The Morgan fingerprint density at radius 3 is 1.47 bits per heavy atom. The van der Waals surface area contributed by atoms with Crippen LogP contribution in [0.2, 0.25) is 5.02 Å². The summed E-state index contributed by atoms with van der Waals surface area (Å²) in [6.45, 7) is 16.5. The molecule has 0 saturated heterocycles. The Morgan fingerprint density at radius 2 is 1.00 bits per heavy atom. The summed E-state index contributed by atoms with van der Waals surface area (Å²) in [5.74, 6) is 0.457. The molecule has 4 aromatic carbocycles. The summed E-state index contributed by atoms with van der Waals surface area (Å²) in [7, 11) is 0. The zero-order valence-corrected chi connectivity index (χ0v) is 39.7. The number of hydrogen-bond acceptors (Lipinski definition) is 8. The Hall–Kier alpha value is -5.15. The Bertz CT molecular complexity index is 3140. The minimum absolute atomic E-state index is 0. The second kappa shape index (κ2) is 19.1. The van der Waals surface area contributed by atoms with E-state index >= 15 is 0 Å². The molecule has 10 rings (SSSR count). The zero-order chi connectivity index (χ0) is 42.0. The second-order valence-corrected chi connectivity index (χ2v) is 15.2. The Morgan fingerprint density at radius 1 is 0.567 bits per heavy atom. The third-order valence-corrected chi connectivity index (χ3v) is 10.1. The van der Waals surface area contributed by atoms with Gasteiger partial charge in [-0.2, -0.15) is 13.8 Å². The summed E-state index contributed by atoms with van der Waals surface area (Å²) in [6, 6.07) is 28.8. The molecule has 6 aromatic heterocycles. The van der Waals surface area contributed by atoms with Crippen molar-refractivity contribution < 1.29 is 25.2 Å². The molecule has 60 heavy (non-hydrogen) atoms. The predicted molar refractivity (Wildman–Crippen MR) is 249 cm³/mol. The van der Waals surface area contributed by atoms with Gasteiger partial charge in [0, 0.05) is 59.9 Å². The van der Waals surface area contributed by atoms with Crippen molar-refractivity contribution in [2.75, 3.05) is 0 Å². The van der Waals surface area contributed by atoms with Crippen molar-refractivity contribution in [1.29, 1.82) is 0 Å². The van der Waals surface area contributed by atoms with Gasteiger partial charge in [0.2, 0.25) is 11.4 Å². The van der Waals surface area contributed by atoms with Crippen LogP contribution in [0.4, 0.5) is 0 Å². The van der Waals surface area contributed by atoms with Crippen LogP contribution in [0, 0.1) is 34.1 Å². The molecule has 10 aromatic rings. The van der Waals surface area contributed by atoms with Crippen molar-refractivity contribution in [2.45, 2.75) is 68.7 Å². The van der Waals surface area contributed by atoms with Crippen molar-refractivity contribution in [3.8, 4) is 22.5 Å². The fourth-order valence-electron chi connectivity index (χ4n) is 7.24. The van der Waals surface area contributed by atoms with Crippen LogP contribution in [0.25, 0.3) is 88.5 Å². The van der Waals surface area contributed by atoms with Gasteiger partial charge in [-0.15, -0.1) is 0 Å². The molecule has 11 heteroatoms. The average Bonchev–Trinajstić information content (AvgIpc) is 3.77. The molecule has 300 valence electrons. The van der Waals surface area contributed by atoms with E-state index in [1.165, 1.54) is 21.9 Å². The molecule has 0 bridgehead atoms. The normalized spacial score (nSPS) is 11.0. The number of pyridine rings is 2. The molecule has 0 aliphatic rings. The molecule has 6 heterocycles. The van der Waals surface area contributed by atoms with E-state index in [1.54, 1.807) is 12.7 Å². The van der Waals surface area contributed by atoms with E-state index in [1.807, 2.05) is 64.4 Å². The van der Waals surface area contributed by atoms with Crippen molar-refractivity contribution in [3.63, 3.8) is 0 Å². The molecule has 0 saturated carbocycles. The maximum atomic E-state index is 6.21. The Labute approximate surface area is 372 Å². The van der Waals surface area contributed by atoms with Gasteiger partial charge < -0.3 is 15.3 Å². The monoisotopic (exact) mass is 928 g/mol. The molecule has 0 N–H and O–H groups in total. The number of aromatic nitrogens is 6. The number of fused-ring (bicyclic) bond motifs is 8. The van der Waals surface area contributed by atoms with Crippen molar-refractivity contribution in [2.24, 2.45) is 0 Å². The molecular formula is C49H46BrClN6O2Zn. The first-order chi connectivity index (χ1) is 28.5. The molecule has 0 aliphatic heterocycles. The van der Waals surface area contributed by atoms with Gasteiger partial charge >= 0.3 is 30.0 Å². The van der Waals surface area contributed by atoms with Crippen LogP contribution in [-0.2, 0) is 16.3 Å². The molecule has 0 fully saturated rings. The molecule has 0 radical (unpaired) electrons. The zero-order valence-electron chi connectivity index (χ0n) is 34.4. The van der Waals surface area contributed by atoms with Gasteiger partial charge in [0.25, 0.3) is 0 Å². The standard InChI is InChI=1S/C24H21N3O.C21H14ClN3O.C3H7.CH4.BrH.Zn/c1-13(2)16-6-8-18-21(11-16)25-12-26-22(18)20-10-14(3)9-19-17-7-5-15(4)27-24(17)28-23(19)20;1-11-7-16-14-5-3-12(2)25-21(14)26-20(16)17(8-11)19-15-6-4-13(22)9-18(15)23-10-24-19;1-3-2;;;/h5-13H,1-4H3;3-10H,1-2H3;3H,1-2H3;1H4;1H;/q;;-1;;;+2/p-1. The second-order valence-electron chi connectivity index (χ2n) is 14.8. The van der Waals surface area contributed by atoms with E-state index in [2.05, 4.69) is 126 Å². The van der Waals surface area contributed by atoms with E-state index in [0.717, 1.165) is 99.5 Å². The number of aryl methyl sites for hydroxylation is 4. The van der Waals surface area contributed by atoms with E-state index in [-0.39, 0.29) is 7.43 Å². The summed E-state index contributed by atoms with van der Waals surface area (Å²) in [6.07, 6.45) is 5.20. The SMILES string of the molecule is C.C[CH-]C.Cc1cc(-c2ncnc3cc(C(C)C)ccc23)c2oc3nc(C)ccc3c2c1.Cc1cc(-c2ncnc3cc(Cl)ccc23)c2oc3nc(C)ccc3c2c1.[Zn+][Br]. The van der Waals surface area contributed by atoms with Gasteiger partial charge in [-0.25, -0.2) is 29.9 Å². The minimum atomic E-state index is 0. The first-order valence-electron chi connectivity index (χ1n) is 19.3. The molecule has 8 nitrogen and oxygen atoms in total. The van der Waals surface area contributed by atoms with Crippen LogP contribution in [0.1, 0.15) is 69.1 Å². The molecule has 0 atom stereocenters. The van der Waals surface area contributed by atoms with Gasteiger partial charge in [0.15, 0.2) is 0 Å². The average molecular weight is 932 g/mol. The van der Waals surface area contributed by atoms with Crippen molar-refractivity contribution >= 4 is 91.2 Å². The summed E-state index contributed by atoms with van der Waals surface area (Å²) >= 11 is 10.4. The quantitative estimate of drug-likeness (QED) is 0.127. The molecule has 0 spiro atoms. The third-order valence-electron chi connectivity index (χ3n) is 9.88. The van der Waals surface area contributed by atoms with Gasteiger partial charge in [-0.05, 0) is 123 Å². The summed E-state index contributed by atoms with van der Waals surface area (Å²) in [5, 5.41) is 6.78. The molecule has 0 unspecified atom stereocenters. The predicted octanol–water partition coefficient (Wildman–Crippen LogP) is 14.9.